The van der Waals surface area contributed by atoms with Crippen LogP contribution in [-0.2, 0) is 15.9 Å². The molecule has 1 aromatic rings. The van der Waals surface area contributed by atoms with Crippen molar-refractivity contribution in [2.75, 3.05) is 13.6 Å². The van der Waals surface area contributed by atoms with E-state index in [1.165, 1.54) is 4.31 Å². The van der Waals surface area contributed by atoms with Crippen LogP contribution in [0.4, 0.5) is 0 Å². The van der Waals surface area contributed by atoms with Crippen molar-refractivity contribution < 1.29 is 8.42 Å². The summed E-state index contributed by atoms with van der Waals surface area (Å²) >= 11 is 5.78. The molecule has 0 aliphatic carbocycles. The van der Waals surface area contributed by atoms with Gasteiger partial charge >= 0.3 is 0 Å². The second-order valence-electron chi connectivity index (χ2n) is 4.09. The van der Waals surface area contributed by atoms with Crippen LogP contribution in [0.3, 0.4) is 0 Å². The van der Waals surface area contributed by atoms with Crippen LogP contribution in [0.5, 0.6) is 0 Å². The number of aryl methyl sites for hydroxylation is 1. The SMILES string of the molecule is CCN(C)S(=O)(=O)c1cc(CCl)cc(C)c1C. The molecule has 0 fully saturated rings. The number of nitrogens with zero attached hydrogens (tertiary/aromatic N) is 1. The van der Waals surface area contributed by atoms with Crippen LogP contribution in [0.2, 0.25) is 0 Å². The van der Waals surface area contributed by atoms with Gasteiger partial charge in [-0.2, -0.15) is 0 Å². The van der Waals surface area contributed by atoms with Gasteiger partial charge in [0, 0.05) is 19.5 Å². The van der Waals surface area contributed by atoms with Crippen molar-refractivity contribution in [1.29, 1.82) is 0 Å². The highest BCUT2D eigenvalue weighted by Crippen LogP contribution is 2.24. The largest absolute Gasteiger partial charge is 0.243 e. The third kappa shape index (κ3) is 2.81. The van der Waals surface area contributed by atoms with Crippen LogP contribution in [0, 0.1) is 13.8 Å². The van der Waals surface area contributed by atoms with Crippen LogP contribution in [-0.4, -0.2) is 26.3 Å². The van der Waals surface area contributed by atoms with Crippen LogP contribution in [0.1, 0.15) is 23.6 Å². The lowest BCUT2D eigenvalue weighted by atomic mass is 10.1. The predicted octanol–water partition coefficient (Wildman–Crippen LogP) is 2.68. The van der Waals surface area contributed by atoms with Crippen LogP contribution in [0.15, 0.2) is 17.0 Å². The zero-order chi connectivity index (χ0) is 13.2. The van der Waals surface area contributed by atoms with Gasteiger partial charge in [0.1, 0.15) is 0 Å². The summed E-state index contributed by atoms with van der Waals surface area (Å²) < 4.78 is 25.9. The van der Waals surface area contributed by atoms with E-state index in [0.29, 0.717) is 17.3 Å². The molecule has 0 bridgehead atoms. The molecule has 0 aliphatic rings. The summed E-state index contributed by atoms with van der Waals surface area (Å²) in [5.74, 6) is 0.319. The minimum atomic E-state index is -3.40. The summed E-state index contributed by atoms with van der Waals surface area (Å²) in [7, 11) is -1.82. The molecule has 0 saturated carbocycles. The van der Waals surface area contributed by atoms with E-state index in [1.54, 1.807) is 13.1 Å². The molecule has 17 heavy (non-hydrogen) atoms. The molecule has 0 radical (unpaired) electrons. The van der Waals surface area contributed by atoms with Crippen molar-refractivity contribution in [3.63, 3.8) is 0 Å². The minimum absolute atomic E-state index is 0.319. The molecule has 3 nitrogen and oxygen atoms in total. The maximum atomic E-state index is 12.3. The smallest absolute Gasteiger partial charge is 0.207 e. The molecule has 5 heteroatoms. The average Bonchev–Trinajstić information content (AvgIpc) is 2.30. The molecule has 0 aliphatic heterocycles. The fraction of sp³-hybridized carbons (Fsp3) is 0.500. The summed E-state index contributed by atoms with van der Waals surface area (Å²) in [6.07, 6.45) is 0. The van der Waals surface area contributed by atoms with Gasteiger partial charge in [-0.1, -0.05) is 13.0 Å². The first-order valence-electron chi connectivity index (χ1n) is 5.47. The molecule has 1 rings (SSSR count). The summed E-state index contributed by atoms with van der Waals surface area (Å²) in [5.41, 5.74) is 2.57. The third-order valence-electron chi connectivity index (χ3n) is 2.97. The molecule has 0 unspecified atom stereocenters. The number of hydrogen-bond donors (Lipinski definition) is 0. The molecular weight excluding hydrogens is 258 g/mol. The van der Waals surface area contributed by atoms with Gasteiger partial charge in [-0.05, 0) is 36.6 Å². The Morgan fingerprint density at radius 2 is 1.88 bits per heavy atom. The Bertz CT molecular complexity index is 511. The van der Waals surface area contributed by atoms with Gasteiger partial charge in [0.05, 0.1) is 4.90 Å². The zero-order valence-electron chi connectivity index (χ0n) is 10.6. The molecular formula is C12H18ClNO2S. The second kappa shape index (κ2) is 5.38. The minimum Gasteiger partial charge on any atom is -0.207 e. The van der Waals surface area contributed by atoms with Crippen LogP contribution < -0.4 is 0 Å². The summed E-state index contributed by atoms with van der Waals surface area (Å²) in [6.45, 7) is 5.98. The lowest BCUT2D eigenvalue weighted by molar-refractivity contribution is 0.485. The molecule has 0 atom stereocenters. The van der Waals surface area contributed by atoms with Gasteiger partial charge in [0.25, 0.3) is 0 Å². The molecule has 0 N–H and O–H groups in total. The number of hydrogen-bond acceptors (Lipinski definition) is 2. The zero-order valence-corrected chi connectivity index (χ0v) is 12.2. The molecule has 0 amide bonds. The Balaban J connectivity index is 3.45. The maximum absolute atomic E-state index is 12.3. The number of halogens is 1. The van der Waals surface area contributed by atoms with Gasteiger partial charge in [0.2, 0.25) is 10.0 Å². The summed E-state index contributed by atoms with van der Waals surface area (Å²) in [6, 6.07) is 3.59. The van der Waals surface area contributed by atoms with Crippen molar-refractivity contribution >= 4 is 21.6 Å². The molecule has 0 saturated heterocycles. The van der Waals surface area contributed by atoms with Crippen molar-refractivity contribution in [2.45, 2.75) is 31.5 Å². The quantitative estimate of drug-likeness (QED) is 0.793. The van der Waals surface area contributed by atoms with E-state index < -0.39 is 10.0 Å². The Morgan fingerprint density at radius 1 is 1.29 bits per heavy atom. The highest BCUT2D eigenvalue weighted by atomic mass is 35.5. The Labute approximate surface area is 108 Å². The van der Waals surface area contributed by atoms with E-state index in [9.17, 15) is 8.42 Å². The number of sulfonamides is 1. The van der Waals surface area contributed by atoms with Crippen molar-refractivity contribution in [2.24, 2.45) is 0 Å². The fourth-order valence-electron chi connectivity index (χ4n) is 1.58. The van der Waals surface area contributed by atoms with Crippen molar-refractivity contribution in [3.8, 4) is 0 Å². The van der Waals surface area contributed by atoms with E-state index in [-0.39, 0.29) is 0 Å². The monoisotopic (exact) mass is 275 g/mol. The van der Waals surface area contributed by atoms with E-state index in [1.807, 2.05) is 26.8 Å². The number of alkyl halides is 1. The third-order valence-corrected chi connectivity index (χ3v) is 5.33. The van der Waals surface area contributed by atoms with Gasteiger partial charge < -0.3 is 0 Å². The highest BCUT2D eigenvalue weighted by Gasteiger charge is 2.22. The Hall–Kier alpha value is -0.580. The highest BCUT2D eigenvalue weighted by molar-refractivity contribution is 7.89. The Morgan fingerprint density at radius 3 is 2.35 bits per heavy atom. The van der Waals surface area contributed by atoms with Gasteiger partial charge in [-0.15, -0.1) is 11.6 Å². The second-order valence-corrected chi connectivity index (χ2v) is 6.37. The van der Waals surface area contributed by atoms with E-state index in [0.717, 1.165) is 16.7 Å². The van der Waals surface area contributed by atoms with E-state index in [4.69, 9.17) is 11.6 Å². The number of rotatable bonds is 4. The Kier molecular flexibility index (Phi) is 4.58. The lowest BCUT2D eigenvalue weighted by Gasteiger charge is -2.18. The normalized spacial score (nSPS) is 12.1. The van der Waals surface area contributed by atoms with Crippen LogP contribution in [0.25, 0.3) is 0 Å². The summed E-state index contributed by atoms with van der Waals surface area (Å²) in [4.78, 5) is 0.359. The predicted molar refractivity (Wildman–Crippen MR) is 71.0 cm³/mol. The first-order valence-corrected chi connectivity index (χ1v) is 7.44. The van der Waals surface area contributed by atoms with Crippen molar-refractivity contribution in [3.05, 3.63) is 28.8 Å². The molecule has 0 heterocycles. The maximum Gasteiger partial charge on any atom is 0.243 e. The first kappa shape index (κ1) is 14.5. The van der Waals surface area contributed by atoms with Crippen molar-refractivity contribution in [1.82, 2.24) is 4.31 Å². The fourth-order valence-corrected chi connectivity index (χ4v) is 3.26. The number of benzene rings is 1. The molecule has 1 aromatic carbocycles. The summed E-state index contributed by atoms with van der Waals surface area (Å²) in [5, 5.41) is 0. The molecule has 0 aromatic heterocycles. The van der Waals surface area contributed by atoms with E-state index >= 15 is 0 Å². The first-order chi connectivity index (χ1) is 7.84. The van der Waals surface area contributed by atoms with Gasteiger partial charge in [-0.25, -0.2) is 12.7 Å². The van der Waals surface area contributed by atoms with Gasteiger partial charge in [0.15, 0.2) is 0 Å². The standard InChI is InChI=1S/C12H18ClNO2S/c1-5-14(4)17(15,16)12-7-11(8-13)6-9(2)10(12)3/h6-7H,5,8H2,1-4H3. The topological polar surface area (TPSA) is 37.4 Å². The van der Waals surface area contributed by atoms with Gasteiger partial charge in [-0.3, -0.25) is 0 Å². The molecule has 0 spiro atoms. The van der Waals surface area contributed by atoms with Crippen LogP contribution >= 0.6 is 11.6 Å². The van der Waals surface area contributed by atoms with E-state index in [2.05, 4.69) is 0 Å². The molecule has 96 valence electrons. The lowest BCUT2D eigenvalue weighted by Crippen LogP contribution is -2.27. The average molecular weight is 276 g/mol.